The lowest BCUT2D eigenvalue weighted by molar-refractivity contribution is -0.122. The van der Waals surface area contributed by atoms with Crippen molar-refractivity contribution in [1.29, 1.82) is 0 Å². The first-order valence-corrected chi connectivity index (χ1v) is 6.15. The zero-order valence-corrected chi connectivity index (χ0v) is 11.0. The summed E-state index contributed by atoms with van der Waals surface area (Å²) in [6.45, 7) is 4.46. The Morgan fingerprint density at radius 1 is 1.11 bits per heavy atom. The quantitative estimate of drug-likeness (QED) is 0.743. The molecule has 0 aromatic heterocycles. The first-order valence-electron chi connectivity index (χ1n) is 6.15. The maximum absolute atomic E-state index is 11.5. The summed E-state index contributed by atoms with van der Waals surface area (Å²) >= 11 is 0. The fourth-order valence-electron chi connectivity index (χ4n) is 1.67. The number of rotatable bonds is 6. The van der Waals surface area contributed by atoms with Crippen molar-refractivity contribution in [3.05, 3.63) is 35.4 Å². The summed E-state index contributed by atoms with van der Waals surface area (Å²) in [5, 5.41) is 5.40. The third-order valence-corrected chi connectivity index (χ3v) is 2.70. The van der Waals surface area contributed by atoms with Crippen LogP contribution >= 0.6 is 0 Å². The molecule has 4 heteroatoms. The van der Waals surface area contributed by atoms with Gasteiger partial charge in [0.15, 0.2) is 0 Å². The summed E-state index contributed by atoms with van der Waals surface area (Å²) in [6.07, 6.45) is 1.23. The molecule has 4 nitrogen and oxygen atoms in total. The van der Waals surface area contributed by atoms with E-state index in [2.05, 4.69) is 10.6 Å². The number of carbonyl (C=O) groups is 2. The molecule has 1 aromatic carbocycles. The van der Waals surface area contributed by atoms with E-state index in [4.69, 9.17) is 0 Å². The minimum atomic E-state index is -0.0795. The fourth-order valence-corrected chi connectivity index (χ4v) is 1.67. The van der Waals surface area contributed by atoms with Crippen LogP contribution in [0.2, 0.25) is 0 Å². The monoisotopic (exact) mass is 248 g/mol. The molecule has 0 atom stereocenters. The molecule has 0 saturated heterocycles. The smallest absolute Gasteiger partial charge is 0.220 e. The number of amides is 2. The first-order chi connectivity index (χ1) is 8.59. The molecule has 0 aliphatic heterocycles. The maximum Gasteiger partial charge on any atom is 0.220 e. The van der Waals surface area contributed by atoms with Crippen LogP contribution in [0.4, 0.5) is 0 Å². The normalized spacial score (nSPS) is 9.89. The predicted molar refractivity (Wildman–Crippen MR) is 71.2 cm³/mol. The highest BCUT2D eigenvalue weighted by Gasteiger charge is 2.03. The minimum Gasteiger partial charge on any atom is -0.355 e. The molecular weight excluding hydrogens is 228 g/mol. The van der Waals surface area contributed by atoms with Gasteiger partial charge >= 0.3 is 0 Å². The van der Waals surface area contributed by atoms with E-state index in [0.29, 0.717) is 19.5 Å². The zero-order chi connectivity index (χ0) is 13.4. The number of hydrogen-bond donors (Lipinski definition) is 2. The van der Waals surface area contributed by atoms with Crippen molar-refractivity contribution in [2.24, 2.45) is 0 Å². The number of nitrogens with one attached hydrogen (secondary N) is 2. The van der Waals surface area contributed by atoms with E-state index in [9.17, 15) is 9.59 Å². The average molecular weight is 248 g/mol. The van der Waals surface area contributed by atoms with Gasteiger partial charge in [-0.05, 0) is 24.5 Å². The molecular formula is C14H20N2O2. The second kappa shape index (κ2) is 7.48. The van der Waals surface area contributed by atoms with Crippen LogP contribution in [0.25, 0.3) is 0 Å². The summed E-state index contributed by atoms with van der Waals surface area (Å²) in [6, 6.07) is 8.06. The lowest BCUT2D eigenvalue weighted by atomic mass is 10.0. The van der Waals surface area contributed by atoms with Crippen LogP contribution in [0, 0.1) is 6.92 Å². The highest BCUT2D eigenvalue weighted by atomic mass is 16.2. The van der Waals surface area contributed by atoms with Gasteiger partial charge in [-0.3, -0.25) is 9.59 Å². The molecule has 0 unspecified atom stereocenters. The SMILES string of the molecule is CC(=O)NCCNC(=O)CCc1ccccc1C. The van der Waals surface area contributed by atoms with E-state index in [1.54, 1.807) is 0 Å². The Morgan fingerprint density at radius 2 is 1.78 bits per heavy atom. The molecule has 98 valence electrons. The van der Waals surface area contributed by atoms with Crippen LogP contribution in [0.1, 0.15) is 24.5 Å². The Bertz CT molecular complexity index is 416. The first kappa shape index (κ1) is 14.2. The third-order valence-electron chi connectivity index (χ3n) is 2.70. The summed E-state index contributed by atoms with van der Waals surface area (Å²) in [4.78, 5) is 22.2. The molecule has 0 fully saturated rings. The Morgan fingerprint density at radius 3 is 2.44 bits per heavy atom. The van der Waals surface area contributed by atoms with Crippen LogP contribution in [0.3, 0.4) is 0 Å². The Labute approximate surface area is 108 Å². The van der Waals surface area contributed by atoms with Crippen LogP contribution < -0.4 is 10.6 Å². The minimum absolute atomic E-state index is 0.0172. The van der Waals surface area contributed by atoms with E-state index in [-0.39, 0.29) is 11.8 Å². The van der Waals surface area contributed by atoms with Crippen LogP contribution in [0.5, 0.6) is 0 Å². The Kier molecular flexibility index (Phi) is 5.91. The number of benzene rings is 1. The van der Waals surface area contributed by atoms with Crippen molar-refractivity contribution >= 4 is 11.8 Å². The van der Waals surface area contributed by atoms with Crippen LogP contribution in [-0.4, -0.2) is 24.9 Å². The van der Waals surface area contributed by atoms with Gasteiger partial charge in [-0.25, -0.2) is 0 Å². The standard InChI is InChI=1S/C14H20N2O2/c1-11-5-3-4-6-13(11)7-8-14(18)16-10-9-15-12(2)17/h3-6H,7-10H2,1-2H3,(H,15,17)(H,16,18). The second-order valence-corrected chi connectivity index (χ2v) is 4.26. The molecule has 0 bridgehead atoms. The highest BCUT2D eigenvalue weighted by Crippen LogP contribution is 2.09. The number of hydrogen-bond acceptors (Lipinski definition) is 2. The number of aryl methyl sites for hydroxylation is 2. The van der Waals surface area contributed by atoms with Crippen molar-refractivity contribution in [3.8, 4) is 0 Å². The molecule has 2 N–H and O–H groups in total. The number of carbonyl (C=O) groups excluding carboxylic acids is 2. The fraction of sp³-hybridized carbons (Fsp3) is 0.429. The highest BCUT2D eigenvalue weighted by molar-refractivity contribution is 5.76. The van der Waals surface area contributed by atoms with Crippen molar-refractivity contribution in [1.82, 2.24) is 10.6 Å². The van der Waals surface area contributed by atoms with Crippen molar-refractivity contribution in [3.63, 3.8) is 0 Å². The van der Waals surface area contributed by atoms with E-state index >= 15 is 0 Å². The molecule has 0 spiro atoms. The summed E-state index contributed by atoms with van der Waals surface area (Å²) in [7, 11) is 0. The Hall–Kier alpha value is -1.84. The van der Waals surface area contributed by atoms with Gasteiger partial charge in [0, 0.05) is 26.4 Å². The topological polar surface area (TPSA) is 58.2 Å². The largest absolute Gasteiger partial charge is 0.355 e. The predicted octanol–water partition coefficient (Wildman–Crippen LogP) is 1.18. The molecule has 1 aromatic rings. The molecule has 1 rings (SSSR count). The Balaban J connectivity index is 2.21. The van der Waals surface area contributed by atoms with E-state index in [1.165, 1.54) is 18.1 Å². The van der Waals surface area contributed by atoms with Gasteiger partial charge in [-0.1, -0.05) is 24.3 Å². The van der Waals surface area contributed by atoms with Crippen molar-refractivity contribution in [2.45, 2.75) is 26.7 Å². The van der Waals surface area contributed by atoms with Crippen LogP contribution in [0.15, 0.2) is 24.3 Å². The summed E-state index contributed by atoms with van der Waals surface area (Å²) in [5.41, 5.74) is 2.41. The summed E-state index contributed by atoms with van der Waals surface area (Å²) < 4.78 is 0. The molecule has 0 saturated carbocycles. The van der Waals surface area contributed by atoms with Gasteiger partial charge in [0.2, 0.25) is 11.8 Å². The maximum atomic E-state index is 11.5. The van der Waals surface area contributed by atoms with Gasteiger partial charge in [0.05, 0.1) is 0 Å². The van der Waals surface area contributed by atoms with Gasteiger partial charge in [-0.15, -0.1) is 0 Å². The molecule has 0 aliphatic carbocycles. The lowest BCUT2D eigenvalue weighted by Gasteiger charge is -2.07. The third kappa shape index (κ3) is 5.48. The van der Waals surface area contributed by atoms with Crippen molar-refractivity contribution in [2.75, 3.05) is 13.1 Å². The second-order valence-electron chi connectivity index (χ2n) is 4.26. The molecule has 2 amide bonds. The van der Waals surface area contributed by atoms with Gasteiger partial charge in [0.25, 0.3) is 0 Å². The molecule has 0 heterocycles. The van der Waals surface area contributed by atoms with E-state index in [0.717, 1.165) is 6.42 Å². The molecule has 0 radical (unpaired) electrons. The zero-order valence-electron chi connectivity index (χ0n) is 11.0. The van der Waals surface area contributed by atoms with Crippen molar-refractivity contribution < 1.29 is 9.59 Å². The van der Waals surface area contributed by atoms with Gasteiger partial charge < -0.3 is 10.6 Å². The average Bonchev–Trinajstić information content (AvgIpc) is 2.33. The summed E-state index contributed by atoms with van der Waals surface area (Å²) in [5.74, 6) is -0.0623. The van der Waals surface area contributed by atoms with E-state index in [1.807, 2.05) is 31.2 Å². The van der Waals surface area contributed by atoms with Crippen LogP contribution in [-0.2, 0) is 16.0 Å². The van der Waals surface area contributed by atoms with Gasteiger partial charge in [0.1, 0.15) is 0 Å². The lowest BCUT2D eigenvalue weighted by Crippen LogP contribution is -2.33. The molecule has 18 heavy (non-hydrogen) atoms. The molecule has 0 aliphatic rings. The van der Waals surface area contributed by atoms with Gasteiger partial charge in [-0.2, -0.15) is 0 Å². The van der Waals surface area contributed by atoms with E-state index < -0.39 is 0 Å².